The van der Waals surface area contributed by atoms with E-state index >= 15 is 0 Å². The van der Waals surface area contributed by atoms with Gasteiger partial charge in [-0.3, -0.25) is 0 Å². The van der Waals surface area contributed by atoms with Crippen molar-refractivity contribution >= 4 is 0 Å². The van der Waals surface area contributed by atoms with Gasteiger partial charge in [0.05, 0.1) is 12.0 Å². The lowest BCUT2D eigenvalue weighted by Gasteiger charge is -2.08. The van der Waals surface area contributed by atoms with Crippen molar-refractivity contribution in [2.24, 2.45) is 11.3 Å². The Balaban J connectivity index is 1.99. The lowest BCUT2D eigenvalue weighted by Crippen LogP contribution is -2.12. The van der Waals surface area contributed by atoms with E-state index in [2.05, 4.69) is 28.7 Å². The third kappa shape index (κ3) is 1.82. The molecule has 1 aromatic rings. The number of imidazole rings is 1. The molecule has 1 saturated carbocycles. The molecule has 0 saturated heterocycles. The highest BCUT2D eigenvalue weighted by molar-refractivity contribution is 5.02. The van der Waals surface area contributed by atoms with Crippen LogP contribution < -0.4 is 5.32 Å². The first-order valence-corrected chi connectivity index (χ1v) is 5.27. The molecule has 0 aromatic carbocycles. The Labute approximate surface area is 85.5 Å². The maximum absolute atomic E-state index is 4.19. The Bertz CT molecular complexity index is 314. The van der Waals surface area contributed by atoms with E-state index in [1.807, 2.05) is 19.6 Å². The van der Waals surface area contributed by atoms with E-state index in [4.69, 9.17) is 0 Å². The van der Waals surface area contributed by atoms with Crippen molar-refractivity contribution in [3.05, 3.63) is 18.2 Å². The van der Waals surface area contributed by atoms with Gasteiger partial charge >= 0.3 is 0 Å². The van der Waals surface area contributed by atoms with Gasteiger partial charge in [0.25, 0.3) is 0 Å². The first kappa shape index (κ1) is 9.71. The second kappa shape index (κ2) is 3.39. The molecule has 0 aliphatic heterocycles. The minimum atomic E-state index is 0.557. The van der Waals surface area contributed by atoms with Gasteiger partial charge in [0.1, 0.15) is 0 Å². The Hall–Kier alpha value is -0.830. The van der Waals surface area contributed by atoms with Crippen LogP contribution in [0.15, 0.2) is 12.5 Å². The van der Waals surface area contributed by atoms with Crippen LogP contribution in [-0.2, 0) is 13.1 Å². The number of aromatic nitrogens is 2. The summed E-state index contributed by atoms with van der Waals surface area (Å²) in [7, 11) is 1.97. The fraction of sp³-hybridized carbons (Fsp3) is 0.727. The fourth-order valence-corrected chi connectivity index (χ4v) is 1.97. The minimum absolute atomic E-state index is 0.557. The minimum Gasteiger partial charge on any atom is -0.333 e. The summed E-state index contributed by atoms with van der Waals surface area (Å²) in [5.74, 6) is 0.840. The molecule has 0 spiro atoms. The number of nitrogens with one attached hydrogen (secondary N) is 1. The first-order chi connectivity index (χ1) is 6.63. The zero-order valence-electron chi connectivity index (χ0n) is 9.25. The van der Waals surface area contributed by atoms with Crippen LogP contribution in [0.4, 0.5) is 0 Å². The molecule has 0 bridgehead atoms. The number of nitrogens with zero attached hydrogens (tertiary/aromatic N) is 2. The maximum atomic E-state index is 4.19. The summed E-state index contributed by atoms with van der Waals surface area (Å²) in [4.78, 5) is 4.19. The van der Waals surface area contributed by atoms with E-state index in [1.165, 1.54) is 12.1 Å². The van der Waals surface area contributed by atoms with Gasteiger partial charge in [-0.2, -0.15) is 0 Å². The zero-order chi connectivity index (χ0) is 10.2. The molecule has 3 nitrogen and oxygen atoms in total. The summed E-state index contributed by atoms with van der Waals surface area (Å²) < 4.78 is 2.27. The van der Waals surface area contributed by atoms with Gasteiger partial charge < -0.3 is 9.88 Å². The molecule has 3 heteroatoms. The van der Waals surface area contributed by atoms with Crippen molar-refractivity contribution in [3.63, 3.8) is 0 Å². The monoisotopic (exact) mass is 193 g/mol. The quantitative estimate of drug-likeness (QED) is 0.788. The molecule has 0 amide bonds. The molecule has 1 unspecified atom stereocenters. The van der Waals surface area contributed by atoms with Crippen LogP contribution >= 0.6 is 0 Å². The third-order valence-corrected chi connectivity index (χ3v) is 3.29. The largest absolute Gasteiger partial charge is 0.333 e. The molecule has 1 atom stereocenters. The van der Waals surface area contributed by atoms with Crippen LogP contribution in [0.2, 0.25) is 0 Å². The Morgan fingerprint density at radius 3 is 2.93 bits per heavy atom. The van der Waals surface area contributed by atoms with Gasteiger partial charge in [-0.15, -0.1) is 0 Å². The van der Waals surface area contributed by atoms with E-state index < -0.39 is 0 Å². The van der Waals surface area contributed by atoms with E-state index in [1.54, 1.807) is 0 Å². The molecule has 2 rings (SSSR count). The summed E-state index contributed by atoms with van der Waals surface area (Å²) in [6.07, 6.45) is 5.25. The van der Waals surface area contributed by atoms with Crippen LogP contribution in [0.1, 0.15) is 26.0 Å². The second-order valence-electron chi connectivity index (χ2n) is 4.96. The summed E-state index contributed by atoms with van der Waals surface area (Å²) in [6, 6.07) is 0. The molecular formula is C11H19N3. The van der Waals surface area contributed by atoms with Gasteiger partial charge in [0.15, 0.2) is 0 Å². The molecule has 1 aliphatic carbocycles. The van der Waals surface area contributed by atoms with Crippen molar-refractivity contribution in [1.82, 2.24) is 14.9 Å². The summed E-state index contributed by atoms with van der Waals surface area (Å²) >= 11 is 0. The van der Waals surface area contributed by atoms with E-state index in [0.29, 0.717) is 5.41 Å². The van der Waals surface area contributed by atoms with Gasteiger partial charge in [-0.1, -0.05) is 13.8 Å². The summed E-state index contributed by atoms with van der Waals surface area (Å²) in [6.45, 7) is 6.72. The molecule has 1 heterocycles. The molecule has 1 aromatic heterocycles. The molecule has 1 N–H and O–H groups in total. The lowest BCUT2D eigenvalue weighted by molar-refractivity contribution is 0.487. The highest BCUT2D eigenvalue weighted by Crippen LogP contribution is 2.52. The number of hydrogen-bond acceptors (Lipinski definition) is 2. The molecule has 0 radical (unpaired) electrons. The predicted octanol–water partition coefficient (Wildman–Crippen LogP) is 1.65. The van der Waals surface area contributed by atoms with Gasteiger partial charge in [0.2, 0.25) is 0 Å². The second-order valence-corrected chi connectivity index (χ2v) is 4.96. The van der Waals surface area contributed by atoms with Crippen LogP contribution in [0.3, 0.4) is 0 Å². The fourth-order valence-electron chi connectivity index (χ4n) is 1.97. The van der Waals surface area contributed by atoms with Crippen LogP contribution in [-0.4, -0.2) is 16.6 Å². The van der Waals surface area contributed by atoms with E-state index in [9.17, 15) is 0 Å². The Morgan fingerprint density at radius 2 is 2.36 bits per heavy atom. The molecule has 14 heavy (non-hydrogen) atoms. The third-order valence-electron chi connectivity index (χ3n) is 3.29. The van der Waals surface area contributed by atoms with Crippen LogP contribution in [0, 0.1) is 11.3 Å². The SMILES string of the molecule is CNCc1cncn1CC1CC1(C)C. The molecule has 1 fully saturated rings. The number of rotatable bonds is 4. The summed E-state index contributed by atoms with van der Waals surface area (Å²) in [5.41, 5.74) is 1.84. The normalized spacial score (nSPS) is 23.8. The molecule has 1 aliphatic rings. The highest BCUT2D eigenvalue weighted by Gasteiger charge is 2.45. The predicted molar refractivity (Wildman–Crippen MR) is 56.9 cm³/mol. The topological polar surface area (TPSA) is 29.9 Å². The standard InChI is InChI=1S/C11H19N3/c1-11(2)4-9(11)7-14-8-13-6-10(14)5-12-3/h6,8-9,12H,4-5,7H2,1-3H3. The average molecular weight is 193 g/mol. The molecule has 78 valence electrons. The van der Waals surface area contributed by atoms with E-state index in [0.717, 1.165) is 19.0 Å². The van der Waals surface area contributed by atoms with Crippen molar-refractivity contribution in [2.45, 2.75) is 33.4 Å². The van der Waals surface area contributed by atoms with Crippen molar-refractivity contribution in [3.8, 4) is 0 Å². The smallest absolute Gasteiger partial charge is 0.0948 e. The summed E-state index contributed by atoms with van der Waals surface area (Å²) in [5, 5.41) is 3.16. The van der Waals surface area contributed by atoms with Gasteiger partial charge in [-0.05, 0) is 24.8 Å². The zero-order valence-corrected chi connectivity index (χ0v) is 9.25. The van der Waals surface area contributed by atoms with E-state index in [-0.39, 0.29) is 0 Å². The number of hydrogen-bond donors (Lipinski definition) is 1. The lowest BCUT2D eigenvalue weighted by atomic mass is 10.1. The Kier molecular flexibility index (Phi) is 2.35. The van der Waals surface area contributed by atoms with Gasteiger partial charge in [0, 0.05) is 19.3 Å². The van der Waals surface area contributed by atoms with Crippen LogP contribution in [0.25, 0.3) is 0 Å². The highest BCUT2D eigenvalue weighted by atomic mass is 15.1. The molecular weight excluding hydrogens is 174 g/mol. The maximum Gasteiger partial charge on any atom is 0.0948 e. The van der Waals surface area contributed by atoms with Gasteiger partial charge in [-0.25, -0.2) is 4.98 Å². The Morgan fingerprint density at radius 1 is 1.64 bits per heavy atom. The van der Waals surface area contributed by atoms with Crippen LogP contribution in [0.5, 0.6) is 0 Å². The van der Waals surface area contributed by atoms with Crippen molar-refractivity contribution in [1.29, 1.82) is 0 Å². The first-order valence-electron chi connectivity index (χ1n) is 5.27. The van der Waals surface area contributed by atoms with Crippen molar-refractivity contribution in [2.75, 3.05) is 7.05 Å². The van der Waals surface area contributed by atoms with Crippen molar-refractivity contribution < 1.29 is 0 Å². The average Bonchev–Trinajstić information content (AvgIpc) is 2.55.